The largest absolute Gasteiger partial charge is 0.382 e. The van der Waals surface area contributed by atoms with E-state index in [-0.39, 0.29) is 0 Å². The van der Waals surface area contributed by atoms with Crippen LogP contribution in [0, 0.1) is 0 Å². The van der Waals surface area contributed by atoms with Crippen molar-refractivity contribution in [2.75, 3.05) is 16.8 Å². The zero-order valence-corrected chi connectivity index (χ0v) is 11.3. The SMILES string of the molecule is CCSCC[C@@H](N)[C@H](O)C(=O)Nc1ccccc1. The molecule has 100 valence electrons. The van der Waals surface area contributed by atoms with Gasteiger partial charge in [0.1, 0.15) is 6.10 Å². The summed E-state index contributed by atoms with van der Waals surface area (Å²) in [5, 5.41) is 12.4. The maximum Gasteiger partial charge on any atom is 0.254 e. The fourth-order valence-corrected chi connectivity index (χ4v) is 2.18. The Morgan fingerprint density at radius 1 is 1.44 bits per heavy atom. The molecule has 4 nitrogen and oxygen atoms in total. The molecule has 0 aliphatic heterocycles. The van der Waals surface area contributed by atoms with Gasteiger partial charge in [-0.1, -0.05) is 25.1 Å². The van der Waals surface area contributed by atoms with Crippen LogP contribution in [0.15, 0.2) is 30.3 Å². The number of anilines is 1. The molecule has 0 radical (unpaired) electrons. The van der Waals surface area contributed by atoms with Crippen molar-refractivity contribution in [1.82, 2.24) is 0 Å². The van der Waals surface area contributed by atoms with E-state index < -0.39 is 18.1 Å². The smallest absolute Gasteiger partial charge is 0.254 e. The number of carbonyl (C=O) groups is 1. The van der Waals surface area contributed by atoms with Gasteiger partial charge in [-0.2, -0.15) is 11.8 Å². The molecule has 18 heavy (non-hydrogen) atoms. The van der Waals surface area contributed by atoms with Gasteiger partial charge in [0.2, 0.25) is 0 Å². The Bertz CT molecular complexity index is 359. The highest BCUT2D eigenvalue weighted by atomic mass is 32.2. The van der Waals surface area contributed by atoms with E-state index in [9.17, 15) is 9.90 Å². The molecule has 0 saturated carbocycles. The topological polar surface area (TPSA) is 75.3 Å². The predicted octanol–water partition coefficient (Wildman–Crippen LogP) is 1.46. The van der Waals surface area contributed by atoms with Gasteiger partial charge in [0.15, 0.2) is 0 Å². The molecular weight excluding hydrogens is 248 g/mol. The number of aliphatic hydroxyl groups is 1. The van der Waals surface area contributed by atoms with Crippen LogP contribution in [0.2, 0.25) is 0 Å². The van der Waals surface area contributed by atoms with Crippen LogP contribution in [0.4, 0.5) is 5.69 Å². The molecule has 0 aliphatic rings. The van der Waals surface area contributed by atoms with E-state index in [4.69, 9.17) is 5.73 Å². The first-order valence-corrected chi connectivity index (χ1v) is 7.18. The summed E-state index contributed by atoms with van der Waals surface area (Å²) in [6.07, 6.45) is -0.537. The second-order valence-corrected chi connectivity index (χ2v) is 5.34. The van der Waals surface area contributed by atoms with E-state index in [0.717, 1.165) is 11.5 Å². The minimum absolute atomic E-state index is 0.449. The van der Waals surface area contributed by atoms with E-state index in [1.165, 1.54) is 0 Å². The van der Waals surface area contributed by atoms with Crippen molar-refractivity contribution in [3.8, 4) is 0 Å². The Labute approximate surface area is 112 Å². The van der Waals surface area contributed by atoms with Gasteiger partial charge in [0, 0.05) is 11.7 Å². The monoisotopic (exact) mass is 268 g/mol. The van der Waals surface area contributed by atoms with E-state index in [2.05, 4.69) is 12.2 Å². The molecule has 5 heteroatoms. The molecule has 1 aromatic rings. The Hall–Kier alpha value is -1.04. The molecule has 1 aromatic carbocycles. The van der Waals surface area contributed by atoms with Crippen molar-refractivity contribution in [2.45, 2.75) is 25.5 Å². The third-order valence-electron chi connectivity index (χ3n) is 2.52. The number of carbonyl (C=O) groups excluding carboxylic acids is 1. The number of hydrogen-bond acceptors (Lipinski definition) is 4. The second kappa shape index (κ2) is 8.13. The lowest BCUT2D eigenvalue weighted by atomic mass is 10.1. The lowest BCUT2D eigenvalue weighted by molar-refractivity contribution is -0.124. The maximum absolute atomic E-state index is 11.7. The summed E-state index contributed by atoms with van der Waals surface area (Å²) >= 11 is 1.75. The van der Waals surface area contributed by atoms with Crippen LogP contribution in [0.3, 0.4) is 0 Å². The fourth-order valence-electron chi connectivity index (χ4n) is 1.45. The van der Waals surface area contributed by atoms with Crippen molar-refractivity contribution >= 4 is 23.4 Å². The van der Waals surface area contributed by atoms with Crippen LogP contribution >= 0.6 is 11.8 Å². The number of para-hydroxylation sites is 1. The summed E-state index contributed by atoms with van der Waals surface area (Å²) in [7, 11) is 0. The van der Waals surface area contributed by atoms with Gasteiger partial charge in [0.05, 0.1) is 0 Å². The molecule has 0 heterocycles. The standard InChI is InChI=1S/C13H20N2O2S/c1-2-18-9-8-11(14)12(16)13(17)15-10-6-4-3-5-7-10/h3-7,11-12,16H,2,8-9,14H2,1H3,(H,15,17)/t11-,12+/m1/s1. The van der Waals surface area contributed by atoms with E-state index in [1.54, 1.807) is 23.9 Å². The molecule has 0 aromatic heterocycles. The van der Waals surface area contributed by atoms with Crippen molar-refractivity contribution in [1.29, 1.82) is 0 Å². The molecule has 0 bridgehead atoms. The molecular formula is C13H20N2O2S. The van der Waals surface area contributed by atoms with Crippen LogP contribution in [0.25, 0.3) is 0 Å². The molecule has 0 saturated heterocycles. The van der Waals surface area contributed by atoms with Gasteiger partial charge in [-0.15, -0.1) is 0 Å². The van der Waals surface area contributed by atoms with Crippen LogP contribution in [0.5, 0.6) is 0 Å². The molecule has 0 fully saturated rings. The Morgan fingerprint density at radius 2 is 2.11 bits per heavy atom. The number of aliphatic hydroxyl groups excluding tert-OH is 1. The van der Waals surface area contributed by atoms with Gasteiger partial charge >= 0.3 is 0 Å². The first-order valence-electron chi connectivity index (χ1n) is 6.02. The average molecular weight is 268 g/mol. The molecule has 1 amide bonds. The number of benzene rings is 1. The van der Waals surface area contributed by atoms with Crippen molar-refractivity contribution < 1.29 is 9.90 Å². The minimum Gasteiger partial charge on any atom is -0.382 e. The van der Waals surface area contributed by atoms with Gasteiger partial charge in [-0.25, -0.2) is 0 Å². The quantitative estimate of drug-likeness (QED) is 0.654. The summed E-state index contributed by atoms with van der Waals surface area (Å²) in [6, 6.07) is 8.51. The summed E-state index contributed by atoms with van der Waals surface area (Å²) in [4.78, 5) is 11.7. The Morgan fingerprint density at radius 3 is 2.72 bits per heavy atom. The molecule has 1 rings (SSSR count). The normalized spacial score (nSPS) is 13.9. The summed E-state index contributed by atoms with van der Waals surface area (Å²) in [5.74, 6) is 1.42. The first kappa shape index (κ1) is 15.0. The lowest BCUT2D eigenvalue weighted by Crippen LogP contribution is -2.43. The van der Waals surface area contributed by atoms with Crippen molar-refractivity contribution in [3.63, 3.8) is 0 Å². The van der Waals surface area contributed by atoms with E-state index in [0.29, 0.717) is 12.1 Å². The van der Waals surface area contributed by atoms with Crippen molar-refractivity contribution in [3.05, 3.63) is 30.3 Å². The zero-order chi connectivity index (χ0) is 13.4. The summed E-state index contributed by atoms with van der Waals surface area (Å²) < 4.78 is 0. The number of hydrogen-bond donors (Lipinski definition) is 3. The highest BCUT2D eigenvalue weighted by molar-refractivity contribution is 7.99. The van der Waals surface area contributed by atoms with Crippen LogP contribution in [-0.4, -0.2) is 34.7 Å². The minimum atomic E-state index is -1.16. The van der Waals surface area contributed by atoms with Crippen LogP contribution in [-0.2, 0) is 4.79 Å². The number of rotatable bonds is 7. The van der Waals surface area contributed by atoms with Crippen LogP contribution < -0.4 is 11.1 Å². The van der Waals surface area contributed by atoms with Crippen molar-refractivity contribution in [2.24, 2.45) is 5.73 Å². The lowest BCUT2D eigenvalue weighted by Gasteiger charge is -2.18. The number of nitrogens with one attached hydrogen (secondary N) is 1. The van der Waals surface area contributed by atoms with Gasteiger partial charge < -0.3 is 16.2 Å². The highest BCUT2D eigenvalue weighted by Crippen LogP contribution is 2.09. The van der Waals surface area contributed by atoms with Gasteiger partial charge in [-0.3, -0.25) is 4.79 Å². The number of nitrogens with two attached hydrogens (primary N) is 1. The number of thioether (sulfide) groups is 1. The first-order chi connectivity index (χ1) is 8.65. The van der Waals surface area contributed by atoms with E-state index >= 15 is 0 Å². The fraction of sp³-hybridized carbons (Fsp3) is 0.462. The molecule has 0 spiro atoms. The van der Waals surface area contributed by atoms with E-state index in [1.807, 2.05) is 18.2 Å². The summed E-state index contributed by atoms with van der Waals surface area (Å²) in [5.41, 5.74) is 6.45. The number of amides is 1. The third-order valence-corrected chi connectivity index (χ3v) is 3.45. The highest BCUT2D eigenvalue weighted by Gasteiger charge is 2.22. The zero-order valence-electron chi connectivity index (χ0n) is 10.5. The summed E-state index contributed by atoms with van der Waals surface area (Å²) in [6.45, 7) is 2.06. The average Bonchev–Trinajstić information content (AvgIpc) is 2.39. The van der Waals surface area contributed by atoms with Crippen LogP contribution in [0.1, 0.15) is 13.3 Å². The predicted molar refractivity (Wildman–Crippen MR) is 76.7 cm³/mol. The van der Waals surface area contributed by atoms with Gasteiger partial charge in [0.25, 0.3) is 5.91 Å². The second-order valence-electron chi connectivity index (χ2n) is 3.95. The Balaban J connectivity index is 2.41. The molecule has 4 N–H and O–H groups in total. The molecule has 0 aliphatic carbocycles. The maximum atomic E-state index is 11.7. The molecule has 0 unspecified atom stereocenters. The van der Waals surface area contributed by atoms with Gasteiger partial charge in [-0.05, 0) is 30.1 Å². The molecule has 2 atom stereocenters. The Kier molecular flexibility index (Phi) is 6.78. The third kappa shape index (κ3) is 5.08.